The van der Waals surface area contributed by atoms with E-state index in [1.807, 2.05) is 12.1 Å². The zero-order valence-electron chi connectivity index (χ0n) is 20.8. The van der Waals surface area contributed by atoms with Crippen LogP contribution in [0.4, 0.5) is 0 Å². The average Bonchev–Trinajstić information content (AvgIpc) is 3.17. The summed E-state index contributed by atoms with van der Waals surface area (Å²) < 4.78 is 6.10. The zero-order valence-corrected chi connectivity index (χ0v) is 20.8. The van der Waals surface area contributed by atoms with Crippen molar-refractivity contribution in [3.8, 4) is 0 Å². The summed E-state index contributed by atoms with van der Waals surface area (Å²) in [5.74, 6) is 1.99. The molecule has 0 saturated carbocycles. The summed E-state index contributed by atoms with van der Waals surface area (Å²) >= 11 is 0. The van der Waals surface area contributed by atoms with Crippen LogP contribution in [0, 0.1) is 18.8 Å². The number of hydrogen-bond acceptors (Lipinski definition) is 5. The van der Waals surface area contributed by atoms with E-state index < -0.39 is 0 Å². The Labute approximate surface area is 199 Å². The molecule has 2 saturated heterocycles. The van der Waals surface area contributed by atoms with Crippen LogP contribution in [0.5, 0.6) is 0 Å². The van der Waals surface area contributed by atoms with Gasteiger partial charge in [0.15, 0.2) is 0 Å². The summed E-state index contributed by atoms with van der Waals surface area (Å²) in [4.78, 5) is 22.6. The van der Waals surface area contributed by atoms with E-state index in [-0.39, 0.29) is 24.0 Å². The fourth-order valence-corrected chi connectivity index (χ4v) is 5.47. The van der Waals surface area contributed by atoms with Crippen molar-refractivity contribution < 1.29 is 9.53 Å². The standard InChI is InChI=1S/C27H42N4O2/c1-20-8-6-14-30(18-20)15-7-13-28-26(32)23-11-16-31(17-12-23)19-25-22(3)33-27(29-25)24-10-5-4-9-21(24)2/h4-5,9-10,20,22-23,25H,6-8,11-19H2,1-3H3,(H,28,32). The molecule has 2 fully saturated rings. The van der Waals surface area contributed by atoms with Gasteiger partial charge in [-0.1, -0.05) is 25.1 Å². The maximum atomic E-state index is 12.7. The maximum absolute atomic E-state index is 12.7. The third-order valence-electron chi connectivity index (χ3n) is 7.59. The van der Waals surface area contributed by atoms with Crippen molar-refractivity contribution in [1.29, 1.82) is 0 Å². The van der Waals surface area contributed by atoms with Crippen LogP contribution in [0.2, 0.25) is 0 Å². The fourth-order valence-electron chi connectivity index (χ4n) is 5.47. The number of aliphatic imine (C=N–C) groups is 1. The fraction of sp³-hybridized carbons (Fsp3) is 0.704. The molecule has 3 aliphatic heterocycles. The third-order valence-corrected chi connectivity index (χ3v) is 7.59. The summed E-state index contributed by atoms with van der Waals surface area (Å²) in [5.41, 5.74) is 2.29. The van der Waals surface area contributed by atoms with Gasteiger partial charge in [-0.25, -0.2) is 4.99 Å². The predicted octanol–water partition coefficient (Wildman–Crippen LogP) is 3.48. The molecule has 3 atom stereocenters. The predicted molar refractivity (Wildman–Crippen MR) is 134 cm³/mol. The quantitative estimate of drug-likeness (QED) is 0.611. The number of piperidine rings is 2. The normalized spacial score (nSPS) is 27.2. The number of carbonyl (C=O) groups is 1. The zero-order chi connectivity index (χ0) is 23.2. The van der Waals surface area contributed by atoms with Gasteiger partial charge in [0.1, 0.15) is 12.1 Å². The van der Waals surface area contributed by atoms with Crippen molar-refractivity contribution in [2.45, 2.75) is 65.0 Å². The molecule has 3 heterocycles. The van der Waals surface area contributed by atoms with Gasteiger partial charge in [-0.3, -0.25) is 4.79 Å². The molecule has 1 aromatic rings. The van der Waals surface area contributed by atoms with Crippen molar-refractivity contribution >= 4 is 11.8 Å². The molecule has 6 heteroatoms. The van der Waals surface area contributed by atoms with E-state index in [0.29, 0.717) is 0 Å². The van der Waals surface area contributed by atoms with Gasteiger partial charge in [-0.15, -0.1) is 0 Å². The van der Waals surface area contributed by atoms with E-state index in [9.17, 15) is 4.79 Å². The first-order valence-corrected chi connectivity index (χ1v) is 13.0. The number of benzene rings is 1. The Balaban J connectivity index is 1.16. The third kappa shape index (κ3) is 6.57. The summed E-state index contributed by atoms with van der Waals surface area (Å²) in [6, 6.07) is 8.42. The topological polar surface area (TPSA) is 57.2 Å². The molecule has 33 heavy (non-hydrogen) atoms. The van der Waals surface area contributed by atoms with Crippen molar-refractivity contribution in [1.82, 2.24) is 15.1 Å². The Hall–Kier alpha value is -1.92. The minimum Gasteiger partial charge on any atom is -0.472 e. The molecule has 4 rings (SSSR count). The lowest BCUT2D eigenvalue weighted by Gasteiger charge is -2.33. The highest BCUT2D eigenvalue weighted by Gasteiger charge is 2.32. The average molecular weight is 455 g/mol. The molecular weight excluding hydrogens is 412 g/mol. The number of amides is 1. The SMILES string of the molecule is Cc1ccccc1C1=NC(CN2CCC(C(=O)NCCCN3CCCC(C)C3)CC2)C(C)O1. The number of rotatable bonds is 8. The highest BCUT2D eigenvalue weighted by Crippen LogP contribution is 2.24. The lowest BCUT2D eigenvalue weighted by atomic mass is 9.95. The van der Waals surface area contributed by atoms with Gasteiger partial charge in [-0.05, 0) is 89.7 Å². The van der Waals surface area contributed by atoms with Crippen LogP contribution in [0.3, 0.4) is 0 Å². The Kier molecular flexibility index (Phi) is 8.42. The van der Waals surface area contributed by atoms with Crippen LogP contribution >= 0.6 is 0 Å². The Bertz CT molecular complexity index is 818. The first kappa shape index (κ1) is 24.2. The molecular formula is C27H42N4O2. The number of nitrogens with one attached hydrogen (secondary N) is 1. The second-order valence-electron chi connectivity index (χ2n) is 10.4. The Morgan fingerprint density at radius 3 is 2.67 bits per heavy atom. The molecule has 1 aromatic carbocycles. The highest BCUT2D eigenvalue weighted by molar-refractivity contribution is 5.96. The molecule has 0 spiro atoms. The van der Waals surface area contributed by atoms with Crippen LogP contribution in [0.1, 0.15) is 57.1 Å². The monoisotopic (exact) mass is 454 g/mol. The van der Waals surface area contributed by atoms with E-state index in [1.165, 1.54) is 31.5 Å². The highest BCUT2D eigenvalue weighted by atomic mass is 16.5. The van der Waals surface area contributed by atoms with Crippen LogP contribution in [0.25, 0.3) is 0 Å². The molecule has 3 aliphatic rings. The first-order chi connectivity index (χ1) is 16.0. The van der Waals surface area contributed by atoms with Gasteiger partial charge >= 0.3 is 0 Å². The smallest absolute Gasteiger partial charge is 0.223 e. The summed E-state index contributed by atoms with van der Waals surface area (Å²) in [6.45, 7) is 13.7. The number of likely N-dealkylation sites (tertiary alicyclic amines) is 2. The summed E-state index contributed by atoms with van der Waals surface area (Å²) in [7, 11) is 0. The Morgan fingerprint density at radius 2 is 1.91 bits per heavy atom. The van der Waals surface area contributed by atoms with E-state index in [0.717, 1.165) is 69.4 Å². The number of aryl methyl sites for hydroxylation is 1. The molecule has 3 unspecified atom stereocenters. The number of ether oxygens (including phenoxy) is 1. The van der Waals surface area contributed by atoms with Gasteiger partial charge in [0, 0.05) is 31.1 Å². The maximum Gasteiger partial charge on any atom is 0.223 e. The number of nitrogens with zero attached hydrogens (tertiary/aromatic N) is 3. The first-order valence-electron chi connectivity index (χ1n) is 13.0. The summed E-state index contributed by atoms with van der Waals surface area (Å²) in [5, 5.41) is 3.20. The molecule has 6 nitrogen and oxygen atoms in total. The van der Waals surface area contributed by atoms with Gasteiger partial charge in [0.25, 0.3) is 0 Å². The van der Waals surface area contributed by atoms with Gasteiger partial charge in [-0.2, -0.15) is 0 Å². The van der Waals surface area contributed by atoms with Gasteiger partial charge in [0.05, 0.1) is 0 Å². The number of hydrogen-bond donors (Lipinski definition) is 1. The molecule has 0 aromatic heterocycles. The second-order valence-corrected chi connectivity index (χ2v) is 10.4. The van der Waals surface area contributed by atoms with Crippen molar-refractivity contribution in [2.24, 2.45) is 16.8 Å². The lowest BCUT2D eigenvalue weighted by molar-refractivity contribution is -0.126. The van der Waals surface area contributed by atoms with E-state index in [2.05, 4.69) is 48.0 Å². The molecule has 182 valence electrons. The van der Waals surface area contributed by atoms with Crippen LogP contribution in [-0.4, -0.2) is 79.6 Å². The van der Waals surface area contributed by atoms with E-state index in [4.69, 9.17) is 9.73 Å². The molecule has 0 aliphatic carbocycles. The lowest BCUT2D eigenvalue weighted by Crippen LogP contribution is -2.44. The van der Waals surface area contributed by atoms with Crippen LogP contribution in [-0.2, 0) is 9.53 Å². The number of carbonyl (C=O) groups excluding carboxylic acids is 1. The Morgan fingerprint density at radius 1 is 1.12 bits per heavy atom. The molecule has 1 amide bonds. The summed E-state index contributed by atoms with van der Waals surface area (Å²) in [6.07, 6.45) is 5.69. The van der Waals surface area contributed by atoms with Gasteiger partial charge in [0.2, 0.25) is 11.8 Å². The van der Waals surface area contributed by atoms with Gasteiger partial charge < -0.3 is 19.9 Å². The van der Waals surface area contributed by atoms with E-state index >= 15 is 0 Å². The van der Waals surface area contributed by atoms with Crippen LogP contribution < -0.4 is 5.32 Å². The van der Waals surface area contributed by atoms with E-state index in [1.54, 1.807) is 0 Å². The second kappa shape index (κ2) is 11.5. The van der Waals surface area contributed by atoms with Crippen molar-refractivity contribution in [3.63, 3.8) is 0 Å². The van der Waals surface area contributed by atoms with Crippen molar-refractivity contribution in [3.05, 3.63) is 35.4 Å². The molecule has 0 radical (unpaired) electrons. The molecule has 0 bridgehead atoms. The van der Waals surface area contributed by atoms with Crippen LogP contribution in [0.15, 0.2) is 29.3 Å². The minimum atomic E-state index is 0.0866. The minimum absolute atomic E-state index is 0.0866. The van der Waals surface area contributed by atoms with Crippen molar-refractivity contribution in [2.75, 3.05) is 45.8 Å². The molecule has 1 N–H and O–H groups in total. The largest absolute Gasteiger partial charge is 0.472 e.